The summed E-state index contributed by atoms with van der Waals surface area (Å²) >= 11 is 0. The zero-order chi connectivity index (χ0) is 12.9. The quantitative estimate of drug-likeness (QED) is 0.711. The van der Waals surface area contributed by atoms with E-state index in [0.29, 0.717) is 23.7 Å². The Morgan fingerprint density at radius 2 is 2.00 bits per heavy atom. The summed E-state index contributed by atoms with van der Waals surface area (Å²) < 4.78 is 6.16. The van der Waals surface area contributed by atoms with Gasteiger partial charge in [-0.15, -0.1) is 0 Å². The van der Waals surface area contributed by atoms with E-state index in [1.165, 1.54) is 32.1 Å². The molecule has 0 aromatic rings. The summed E-state index contributed by atoms with van der Waals surface area (Å²) in [5.74, 6) is 4.17. The maximum absolute atomic E-state index is 6.71. The van der Waals surface area contributed by atoms with Crippen molar-refractivity contribution in [3.63, 3.8) is 0 Å². The summed E-state index contributed by atoms with van der Waals surface area (Å²) in [4.78, 5) is 0. The molecule has 1 saturated heterocycles. The van der Waals surface area contributed by atoms with E-state index in [-0.39, 0.29) is 0 Å². The number of allylic oxidation sites excluding steroid dienone is 1. The molecule has 0 bridgehead atoms. The van der Waals surface area contributed by atoms with E-state index in [9.17, 15) is 0 Å². The molecule has 2 nitrogen and oxygen atoms in total. The summed E-state index contributed by atoms with van der Waals surface area (Å²) in [5.41, 5.74) is 6.29. The molecule has 0 amide bonds. The largest absolute Gasteiger partial charge is 0.477 e. The van der Waals surface area contributed by atoms with Crippen molar-refractivity contribution in [2.75, 3.05) is 0 Å². The van der Waals surface area contributed by atoms with Gasteiger partial charge in [0.25, 0.3) is 0 Å². The lowest BCUT2D eigenvalue weighted by atomic mass is 9.61. The lowest BCUT2D eigenvalue weighted by Crippen LogP contribution is -2.60. The zero-order valence-corrected chi connectivity index (χ0v) is 11.8. The van der Waals surface area contributed by atoms with Crippen molar-refractivity contribution in [1.29, 1.82) is 0 Å². The second-order valence-electron chi connectivity index (χ2n) is 7.08. The lowest BCUT2D eigenvalue weighted by Gasteiger charge is -2.53. The third kappa shape index (κ3) is 1.80. The molecule has 3 rings (SSSR count). The molecule has 0 spiro atoms. The SMILES string of the molecule is C=C1O[C@]2(N)C[C@@H](C)CCC3CCCC(C32)[C@H]1C. The molecule has 0 aromatic heterocycles. The van der Waals surface area contributed by atoms with Crippen molar-refractivity contribution in [2.45, 2.75) is 58.1 Å². The van der Waals surface area contributed by atoms with Crippen LogP contribution in [0.2, 0.25) is 0 Å². The van der Waals surface area contributed by atoms with Crippen LogP contribution in [0.25, 0.3) is 0 Å². The van der Waals surface area contributed by atoms with Gasteiger partial charge in [0, 0.05) is 18.3 Å². The molecule has 2 saturated carbocycles. The van der Waals surface area contributed by atoms with Crippen LogP contribution in [0, 0.1) is 29.6 Å². The smallest absolute Gasteiger partial charge is 0.161 e. The summed E-state index contributed by atoms with van der Waals surface area (Å²) in [6.45, 7) is 8.74. The molecule has 6 atom stereocenters. The van der Waals surface area contributed by atoms with Crippen molar-refractivity contribution in [2.24, 2.45) is 35.3 Å². The molecule has 3 aliphatic rings. The monoisotopic (exact) mass is 249 g/mol. The second kappa shape index (κ2) is 4.26. The molecule has 1 heterocycles. The van der Waals surface area contributed by atoms with Crippen molar-refractivity contribution in [1.82, 2.24) is 0 Å². The summed E-state index contributed by atoms with van der Waals surface area (Å²) in [6.07, 6.45) is 7.72. The van der Waals surface area contributed by atoms with E-state index in [1.54, 1.807) is 0 Å². The fourth-order valence-electron chi connectivity index (χ4n) is 4.94. The Bertz CT molecular complexity index is 353. The van der Waals surface area contributed by atoms with Crippen LogP contribution >= 0.6 is 0 Å². The van der Waals surface area contributed by atoms with E-state index in [0.717, 1.165) is 18.1 Å². The molecule has 2 N–H and O–H groups in total. The average molecular weight is 249 g/mol. The minimum Gasteiger partial charge on any atom is -0.477 e. The molecule has 1 aliphatic heterocycles. The molecule has 3 fully saturated rings. The van der Waals surface area contributed by atoms with E-state index < -0.39 is 5.72 Å². The lowest BCUT2D eigenvalue weighted by molar-refractivity contribution is -0.154. The molecule has 18 heavy (non-hydrogen) atoms. The average Bonchev–Trinajstić information content (AvgIpc) is 2.44. The van der Waals surface area contributed by atoms with Crippen molar-refractivity contribution in [3.8, 4) is 0 Å². The van der Waals surface area contributed by atoms with Crippen molar-refractivity contribution >= 4 is 0 Å². The molecule has 3 unspecified atom stereocenters. The van der Waals surface area contributed by atoms with Gasteiger partial charge in [-0.25, -0.2) is 0 Å². The first-order valence-corrected chi connectivity index (χ1v) is 7.68. The van der Waals surface area contributed by atoms with E-state index in [4.69, 9.17) is 10.5 Å². The molecule has 0 radical (unpaired) electrons. The molecule has 102 valence electrons. The van der Waals surface area contributed by atoms with Gasteiger partial charge in [0.05, 0.1) is 5.76 Å². The Labute approximate surface area is 111 Å². The van der Waals surface area contributed by atoms with Crippen LogP contribution < -0.4 is 5.73 Å². The fraction of sp³-hybridized carbons (Fsp3) is 0.875. The van der Waals surface area contributed by atoms with Gasteiger partial charge in [-0.3, -0.25) is 5.73 Å². The van der Waals surface area contributed by atoms with Crippen molar-refractivity contribution < 1.29 is 4.74 Å². The van der Waals surface area contributed by atoms with E-state index in [1.807, 2.05) is 0 Å². The topological polar surface area (TPSA) is 35.2 Å². The van der Waals surface area contributed by atoms with Crippen LogP contribution in [-0.2, 0) is 4.74 Å². The molecular formula is C16H27NO. The fourth-order valence-corrected chi connectivity index (χ4v) is 4.94. The van der Waals surface area contributed by atoms with Crippen LogP contribution in [-0.4, -0.2) is 5.72 Å². The summed E-state index contributed by atoms with van der Waals surface area (Å²) in [6, 6.07) is 0. The number of hydrogen-bond acceptors (Lipinski definition) is 2. The highest BCUT2D eigenvalue weighted by Crippen LogP contribution is 2.55. The van der Waals surface area contributed by atoms with E-state index in [2.05, 4.69) is 20.4 Å². The molecular weight excluding hydrogens is 222 g/mol. The Morgan fingerprint density at radius 1 is 1.22 bits per heavy atom. The standard InChI is InChI=1S/C16H27NO/c1-10-7-8-13-5-4-6-14-11(2)12(3)18-16(17,9-10)15(13)14/h10-11,13-15H,3-9,17H2,1-2H3/t10-,11-,13?,14?,15?,16+/m0/s1. The number of ether oxygens (including phenoxy) is 1. The van der Waals surface area contributed by atoms with Crippen LogP contribution in [0.4, 0.5) is 0 Å². The van der Waals surface area contributed by atoms with Crippen LogP contribution in [0.15, 0.2) is 12.3 Å². The van der Waals surface area contributed by atoms with Gasteiger partial charge in [0.15, 0.2) is 5.72 Å². The first-order chi connectivity index (χ1) is 8.51. The molecule has 2 heteroatoms. The third-order valence-electron chi connectivity index (χ3n) is 5.81. The van der Waals surface area contributed by atoms with Gasteiger partial charge in [-0.2, -0.15) is 0 Å². The first-order valence-electron chi connectivity index (χ1n) is 7.68. The van der Waals surface area contributed by atoms with E-state index >= 15 is 0 Å². The van der Waals surface area contributed by atoms with Gasteiger partial charge in [-0.05, 0) is 37.0 Å². The normalized spacial score (nSPS) is 52.2. The number of nitrogens with two attached hydrogens (primary N) is 1. The predicted molar refractivity (Wildman–Crippen MR) is 73.6 cm³/mol. The zero-order valence-electron chi connectivity index (χ0n) is 11.8. The predicted octanol–water partition coefficient (Wildman–Crippen LogP) is 3.67. The maximum atomic E-state index is 6.71. The minimum atomic E-state index is -0.421. The Hall–Kier alpha value is -0.500. The van der Waals surface area contributed by atoms with Gasteiger partial charge in [0.2, 0.25) is 0 Å². The Balaban J connectivity index is 1.98. The van der Waals surface area contributed by atoms with Gasteiger partial charge < -0.3 is 4.74 Å². The van der Waals surface area contributed by atoms with Gasteiger partial charge in [0.1, 0.15) is 0 Å². The molecule has 0 aromatic carbocycles. The second-order valence-corrected chi connectivity index (χ2v) is 7.08. The minimum absolute atomic E-state index is 0.421. The third-order valence-corrected chi connectivity index (χ3v) is 5.81. The highest BCUT2D eigenvalue weighted by molar-refractivity contribution is 5.09. The summed E-state index contributed by atoms with van der Waals surface area (Å²) in [5, 5.41) is 0. The van der Waals surface area contributed by atoms with Crippen LogP contribution in [0.3, 0.4) is 0 Å². The Morgan fingerprint density at radius 3 is 2.78 bits per heavy atom. The Kier molecular flexibility index (Phi) is 2.97. The maximum Gasteiger partial charge on any atom is 0.161 e. The van der Waals surface area contributed by atoms with Gasteiger partial charge >= 0.3 is 0 Å². The highest BCUT2D eigenvalue weighted by Gasteiger charge is 2.54. The van der Waals surface area contributed by atoms with Crippen LogP contribution in [0.1, 0.15) is 52.4 Å². The summed E-state index contributed by atoms with van der Waals surface area (Å²) in [7, 11) is 0. The first kappa shape index (κ1) is 12.5. The van der Waals surface area contributed by atoms with Crippen LogP contribution in [0.5, 0.6) is 0 Å². The number of hydrogen-bond donors (Lipinski definition) is 1. The molecule has 2 aliphatic carbocycles. The highest BCUT2D eigenvalue weighted by atomic mass is 16.5. The number of rotatable bonds is 0. The van der Waals surface area contributed by atoms with Crippen molar-refractivity contribution in [3.05, 3.63) is 12.3 Å². The van der Waals surface area contributed by atoms with Gasteiger partial charge in [-0.1, -0.05) is 33.3 Å².